The third-order valence-corrected chi connectivity index (χ3v) is 5.98. The van der Waals surface area contributed by atoms with Gasteiger partial charge >= 0.3 is 0 Å². The third kappa shape index (κ3) is 3.69. The van der Waals surface area contributed by atoms with Crippen molar-refractivity contribution in [2.75, 3.05) is 0 Å². The molecule has 6 heteroatoms. The molecule has 4 nitrogen and oxygen atoms in total. The van der Waals surface area contributed by atoms with Gasteiger partial charge in [0.15, 0.2) is 5.76 Å². The molecule has 31 heavy (non-hydrogen) atoms. The van der Waals surface area contributed by atoms with Crippen molar-refractivity contribution in [3.8, 4) is 11.5 Å². The number of nitrogens with zero attached hydrogens (tertiary/aromatic N) is 1. The molecule has 0 amide bonds. The van der Waals surface area contributed by atoms with Crippen LogP contribution in [0.5, 0.6) is 11.5 Å². The van der Waals surface area contributed by atoms with Gasteiger partial charge in [0.05, 0.1) is 15.6 Å². The van der Waals surface area contributed by atoms with E-state index in [1.165, 1.54) is 0 Å². The lowest BCUT2D eigenvalue weighted by Crippen LogP contribution is -1.98. The Kier molecular flexibility index (Phi) is 4.97. The molecule has 5 rings (SSSR count). The molecule has 3 aromatic carbocycles. The normalized spacial score (nSPS) is 14.2. The van der Waals surface area contributed by atoms with E-state index in [1.807, 2.05) is 48.1 Å². The second-order valence-electron chi connectivity index (χ2n) is 7.35. The van der Waals surface area contributed by atoms with Crippen LogP contribution in [0.2, 0.25) is 10.0 Å². The third-order valence-electron chi connectivity index (χ3n) is 5.25. The lowest BCUT2D eigenvalue weighted by molar-refractivity contribution is 0.101. The second kappa shape index (κ2) is 7.80. The number of aryl methyl sites for hydroxylation is 1. The van der Waals surface area contributed by atoms with E-state index in [0.717, 1.165) is 22.0 Å². The summed E-state index contributed by atoms with van der Waals surface area (Å²) >= 11 is 12.0. The van der Waals surface area contributed by atoms with Crippen LogP contribution in [0.4, 0.5) is 0 Å². The van der Waals surface area contributed by atoms with Gasteiger partial charge in [-0.15, -0.1) is 0 Å². The standard InChI is InChI=1S/C25H17Cl2NO3/c1-28-13-16(18-4-2-3-5-22(18)28)11-24-25(29)19-8-7-17(12-23(19)31-24)30-14-15-6-9-20(26)21(27)10-15/h2-13H,14H2,1H3/b24-11-. The fourth-order valence-electron chi connectivity index (χ4n) is 3.68. The van der Waals surface area contributed by atoms with E-state index in [1.54, 1.807) is 36.4 Å². The van der Waals surface area contributed by atoms with Crippen LogP contribution in [0.15, 0.2) is 72.6 Å². The number of rotatable bonds is 4. The van der Waals surface area contributed by atoms with Crippen LogP contribution in [0, 0.1) is 0 Å². The maximum absolute atomic E-state index is 12.8. The zero-order valence-electron chi connectivity index (χ0n) is 16.6. The maximum Gasteiger partial charge on any atom is 0.231 e. The number of aromatic nitrogens is 1. The minimum atomic E-state index is -0.140. The van der Waals surface area contributed by atoms with Crippen LogP contribution in [0.1, 0.15) is 21.5 Å². The minimum Gasteiger partial charge on any atom is -0.489 e. The summed E-state index contributed by atoms with van der Waals surface area (Å²) in [6.45, 7) is 0.322. The predicted molar refractivity (Wildman–Crippen MR) is 123 cm³/mol. The van der Waals surface area contributed by atoms with Gasteiger partial charge in [-0.05, 0) is 42.0 Å². The van der Waals surface area contributed by atoms with Gasteiger partial charge < -0.3 is 14.0 Å². The lowest BCUT2D eigenvalue weighted by atomic mass is 10.1. The number of halogens is 2. The Bertz CT molecular complexity index is 1370. The minimum absolute atomic E-state index is 0.140. The van der Waals surface area contributed by atoms with E-state index >= 15 is 0 Å². The number of benzene rings is 3. The lowest BCUT2D eigenvalue weighted by Gasteiger charge is -2.08. The Morgan fingerprint density at radius 1 is 1.03 bits per heavy atom. The first-order chi connectivity index (χ1) is 15.0. The molecule has 0 saturated heterocycles. The summed E-state index contributed by atoms with van der Waals surface area (Å²) in [6, 6.07) is 18.6. The largest absolute Gasteiger partial charge is 0.489 e. The fraction of sp³-hybridized carbons (Fsp3) is 0.0800. The molecule has 1 aliphatic rings. The Morgan fingerprint density at radius 3 is 2.71 bits per heavy atom. The molecule has 0 radical (unpaired) electrons. The van der Waals surface area contributed by atoms with Crippen LogP contribution in [-0.2, 0) is 13.7 Å². The molecule has 2 heterocycles. The molecule has 1 aliphatic heterocycles. The van der Waals surface area contributed by atoms with Crippen molar-refractivity contribution >= 4 is 46.0 Å². The van der Waals surface area contributed by atoms with Crippen LogP contribution in [0.25, 0.3) is 17.0 Å². The van der Waals surface area contributed by atoms with E-state index in [9.17, 15) is 4.79 Å². The number of Topliss-reactive ketones (excluding diaryl/α,β-unsaturated/α-hetero) is 1. The second-order valence-corrected chi connectivity index (χ2v) is 8.16. The molecule has 0 fully saturated rings. The highest BCUT2D eigenvalue weighted by Crippen LogP contribution is 2.36. The molecule has 0 atom stereocenters. The molecule has 154 valence electrons. The predicted octanol–water partition coefficient (Wildman–Crippen LogP) is 6.68. The van der Waals surface area contributed by atoms with Crippen LogP contribution in [0.3, 0.4) is 0 Å². The number of carbonyl (C=O) groups is 1. The molecule has 0 N–H and O–H groups in total. The quantitative estimate of drug-likeness (QED) is 0.326. The van der Waals surface area contributed by atoms with Crippen LogP contribution < -0.4 is 9.47 Å². The van der Waals surface area contributed by atoms with Gasteiger partial charge in [0.25, 0.3) is 0 Å². The number of para-hydroxylation sites is 1. The topological polar surface area (TPSA) is 40.5 Å². The summed E-state index contributed by atoms with van der Waals surface area (Å²) in [5, 5.41) is 2.05. The van der Waals surface area contributed by atoms with Gasteiger partial charge in [0.2, 0.25) is 5.78 Å². The molecule has 1 aromatic heterocycles. The van der Waals surface area contributed by atoms with Crippen molar-refractivity contribution in [2.45, 2.75) is 6.61 Å². The Hall–Kier alpha value is -3.21. The molecule has 0 spiro atoms. The summed E-state index contributed by atoms with van der Waals surface area (Å²) in [5.41, 5.74) is 3.44. The van der Waals surface area contributed by atoms with Crippen molar-refractivity contribution < 1.29 is 14.3 Å². The molecular formula is C25H17Cl2NO3. The maximum atomic E-state index is 12.8. The highest BCUT2D eigenvalue weighted by atomic mass is 35.5. The molecule has 4 aromatic rings. The van der Waals surface area contributed by atoms with Crippen molar-refractivity contribution in [1.29, 1.82) is 0 Å². The first kappa shape index (κ1) is 19.7. The number of ether oxygens (including phenoxy) is 2. The first-order valence-corrected chi connectivity index (χ1v) is 10.4. The SMILES string of the molecule is Cn1cc(/C=C2\Oc3cc(OCc4ccc(Cl)c(Cl)c4)ccc3C2=O)c2ccccc21. The van der Waals surface area contributed by atoms with E-state index in [2.05, 4.69) is 0 Å². The average molecular weight is 450 g/mol. The Balaban J connectivity index is 1.38. The molecule has 0 saturated carbocycles. The molecular weight excluding hydrogens is 433 g/mol. The van der Waals surface area contributed by atoms with Gasteiger partial charge in [-0.1, -0.05) is 47.5 Å². The number of carbonyl (C=O) groups excluding carboxylic acids is 1. The summed E-state index contributed by atoms with van der Waals surface area (Å²) < 4.78 is 13.8. The average Bonchev–Trinajstić information content (AvgIpc) is 3.25. The van der Waals surface area contributed by atoms with Gasteiger partial charge in [-0.2, -0.15) is 0 Å². The number of hydrogen-bond donors (Lipinski definition) is 0. The summed E-state index contributed by atoms with van der Waals surface area (Å²) in [6.07, 6.45) is 3.78. The number of allylic oxidation sites excluding steroid dienone is 1. The Labute approximate surface area is 189 Å². The molecule has 0 unspecified atom stereocenters. The number of ketones is 1. The number of fused-ring (bicyclic) bond motifs is 2. The van der Waals surface area contributed by atoms with E-state index < -0.39 is 0 Å². The molecule has 0 bridgehead atoms. The van der Waals surface area contributed by atoms with E-state index in [0.29, 0.717) is 39.5 Å². The monoisotopic (exact) mass is 449 g/mol. The van der Waals surface area contributed by atoms with Crippen LogP contribution >= 0.6 is 23.2 Å². The van der Waals surface area contributed by atoms with Gasteiger partial charge in [-0.25, -0.2) is 0 Å². The van der Waals surface area contributed by atoms with Crippen molar-refractivity contribution in [3.63, 3.8) is 0 Å². The summed E-state index contributed by atoms with van der Waals surface area (Å²) in [7, 11) is 1.98. The highest BCUT2D eigenvalue weighted by Gasteiger charge is 2.28. The van der Waals surface area contributed by atoms with E-state index in [4.69, 9.17) is 32.7 Å². The Morgan fingerprint density at radius 2 is 1.87 bits per heavy atom. The highest BCUT2D eigenvalue weighted by molar-refractivity contribution is 6.42. The zero-order chi connectivity index (χ0) is 21.5. The smallest absolute Gasteiger partial charge is 0.231 e. The van der Waals surface area contributed by atoms with Gasteiger partial charge in [-0.3, -0.25) is 4.79 Å². The van der Waals surface area contributed by atoms with Gasteiger partial charge in [0, 0.05) is 35.8 Å². The van der Waals surface area contributed by atoms with Crippen molar-refractivity contribution in [2.24, 2.45) is 7.05 Å². The zero-order valence-corrected chi connectivity index (χ0v) is 18.1. The van der Waals surface area contributed by atoms with Crippen molar-refractivity contribution in [1.82, 2.24) is 4.57 Å². The van der Waals surface area contributed by atoms with E-state index in [-0.39, 0.29) is 5.78 Å². The summed E-state index contributed by atoms with van der Waals surface area (Å²) in [5.74, 6) is 1.25. The first-order valence-electron chi connectivity index (χ1n) is 9.69. The van der Waals surface area contributed by atoms with Crippen LogP contribution in [-0.4, -0.2) is 10.4 Å². The van der Waals surface area contributed by atoms with Crippen molar-refractivity contribution in [3.05, 3.63) is 99.4 Å². The summed E-state index contributed by atoms with van der Waals surface area (Å²) in [4.78, 5) is 12.8. The molecule has 0 aliphatic carbocycles. The fourth-order valence-corrected chi connectivity index (χ4v) is 4.00. The van der Waals surface area contributed by atoms with Gasteiger partial charge in [0.1, 0.15) is 18.1 Å². The number of hydrogen-bond acceptors (Lipinski definition) is 3.